The second-order valence-electron chi connectivity index (χ2n) is 6.33. The summed E-state index contributed by atoms with van der Waals surface area (Å²) in [4.78, 5) is 12.1. The molecule has 0 fully saturated rings. The Labute approximate surface area is 157 Å². The molecule has 1 aliphatic heterocycles. The third-order valence-corrected chi connectivity index (χ3v) is 6.42. The van der Waals surface area contributed by atoms with E-state index in [1.54, 1.807) is 6.92 Å². The second kappa shape index (κ2) is 7.18. The van der Waals surface area contributed by atoms with E-state index in [2.05, 4.69) is 10.5 Å². The van der Waals surface area contributed by atoms with Gasteiger partial charge in [0.05, 0.1) is 23.6 Å². The van der Waals surface area contributed by atoms with E-state index in [-0.39, 0.29) is 31.1 Å². The Morgan fingerprint density at radius 2 is 2.04 bits per heavy atom. The highest BCUT2D eigenvalue weighted by Crippen LogP contribution is 2.39. The molecule has 0 aliphatic carbocycles. The van der Waals surface area contributed by atoms with Crippen LogP contribution >= 0.6 is 0 Å². The van der Waals surface area contributed by atoms with Crippen molar-refractivity contribution in [2.75, 3.05) is 28.7 Å². The van der Waals surface area contributed by atoms with Crippen LogP contribution in [0.5, 0.6) is 0 Å². The van der Waals surface area contributed by atoms with Crippen LogP contribution in [0.25, 0.3) is 0 Å². The SMILES string of the molecule is Cc1noc(C)c1CCC(=O)NCCN1c2cc(F)ccc2N(C)S1(=O)=O. The van der Waals surface area contributed by atoms with Crippen molar-refractivity contribution in [1.82, 2.24) is 10.5 Å². The molecule has 3 rings (SSSR count). The fourth-order valence-corrected chi connectivity index (χ4v) is 4.49. The summed E-state index contributed by atoms with van der Waals surface area (Å²) >= 11 is 0. The standard InChI is InChI=1S/C17H21FN4O4S/c1-11-14(12(2)26-20-11)5-7-17(23)19-8-9-22-16-10-13(18)4-6-15(16)21(3)27(22,24)25/h4,6,10H,5,7-9H2,1-3H3,(H,19,23). The zero-order chi connectivity index (χ0) is 19.8. The van der Waals surface area contributed by atoms with E-state index in [0.29, 0.717) is 17.9 Å². The molecule has 1 aliphatic rings. The van der Waals surface area contributed by atoms with Gasteiger partial charge in [-0.15, -0.1) is 0 Å². The van der Waals surface area contributed by atoms with Gasteiger partial charge in [0, 0.05) is 31.6 Å². The van der Waals surface area contributed by atoms with Crippen molar-refractivity contribution in [1.29, 1.82) is 0 Å². The number of carbonyl (C=O) groups excluding carboxylic acids is 1. The van der Waals surface area contributed by atoms with Crippen molar-refractivity contribution in [2.45, 2.75) is 26.7 Å². The molecule has 146 valence electrons. The lowest BCUT2D eigenvalue weighted by Crippen LogP contribution is -2.40. The van der Waals surface area contributed by atoms with Crippen LogP contribution in [-0.4, -0.2) is 39.6 Å². The van der Waals surface area contributed by atoms with E-state index in [4.69, 9.17) is 4.52 Å². The second-order valence-corrected chi connectivity index (χ2v) is 8.22. The van der Waals surface area contributed by atoms with Crippen molar-refractivity contribution in [3.8, 4) is 0 Å². The van der Waals surface area contributed by atoms with Crippen LogP contribution in [0, 0.1) is 19.7 Å². The Morgan fingerprint density at radius 1 is 1.30 bits per heavy atom. The molecule has 10 heteroatoms. The third-order valence-electron chi connectivity index (χ3n) is 4.59. The lowest BCUT2D eigenvalue weighted by molar-refractivity contribution is -0.120. The highest BCUT2D eigenvalue weighted by atomic mass is 32.2. The molecule has 0 atom stereocenters. The number of hydrogen-bond donors (Lipinski definition) is 1. The zero-order valence-electron chi connectivity index (χ0n) is 15.3. The molecule has 1 aromatic carbocycles. The van der Waals surface area contributed by atoms with Crippen molar-refractivity contribution in [3.05, 3.63) is 41.0 Å². The maximum atomic E-state index is 13.5. The molecule has 0 spiro atoms. The smallest absolute Gasteiger partial charge is 0.326 e. The molecule has 0 saturated heterocycles. The number of amides is 1. The molecule has 1 N–H and O–H groups in total. The fraction of sp³-hybridized carbons (Fsp3) is 0.412. The number of aryl methyl sites for hydroxylation is 2. The maximum Gasteiger partial charge on any atom is 0.326 e. The Hall–Kier alpha value is -2.62. The number of anilines is 2. The van der Waals surface area contributed by atoms with E-state index in [0.717, 1.165) is 19.9 Å². The molecule has 1 aromatic heterocycles. The van der Waals surface area contributed by atoms with Crippen LogP contribution in [0.1, 0.15) is 23.4 Å². The molecule has 1 amide bonds. The zero-order valence-corrected chi connectivity index (χ0v) is 16.1. The van der Waals surface area contributed by atoms with Gasteiger partial charge in [-0.05, 0) is 32.4 Å². The number of nitrogens with zero attached hydrogens (tertiary/aromatic N) is 3. The molecule has 8 nitrogen and oxygen atoms in total. The lowest BCUT2D eigenvalue weighted by Gasteiger charge is -2.19. The molecule has 2 aromatic rings. The number of nitrogens with one attached hydrogen (secondary N) is 1. The molecule has 2 heterocycles. The summed E-state index contributed by atoms with van der Waals surface area (Å²) < 4.78 is 45.8. The summed E-state index contributed by atoms with van der Waals surface area (Å²) in [6, 6.07) is 3.81. The Kier molecular flexibility index (Phi) is 5.09. The summed E-state index contributed by atoms with van der Waals surface area (Å²) in [5.74, 6) is -0.0442. The normalized spacial score (nSPS) is 15.1. The fourth-order valence-electron chi connectivity index (χ4n) is 3.08. The van der Waals surface area contributed by atoms with Gasteiger partial charge in [-0.3, -0.25) is 9.10 Å². The molecule has 27 heavy (non-hydrogen) atoms. The Bertz CT molecular complexity index is 954. The number of benzene rings is 1. The van der Waals surface area contributed by atoms with Crippen LogP contribution in [0.4, 0.5) is 15.8 Å². The van der Waals surface area contributed by atoms with Gasteiger partial charge in [0.25, 0.3) is 0 Å². The molecule has 0 radical (unpaired) electrons. The van der Waals surface area contributed by atoms with E-state index in [9.17, 15) is 17.6 Å². The first-order valence-electron chi connectivity index (χ1n) is 8.46. The quantitative estimate of drug-likeness (QED) is 0.802. The Balaban J connectivity index is 1.59. The average Bonchev–Trinajstić information content (AvgIpc) is 3.02. The van der Waals surface area contributed by atoms with E-state index in [1.165, 1.54) is 25.2 Å². The minimum atomic E-state index is -3.77. The topological polar surface area (TPSA) is 95.8 Å². The van der Waals surface area contributed by atoms with E-state index >= 15 is 0 Å². The van der Waals surface area contributed by atoms with Gasteiger partial charge in [-0.1, -0.05) is 5.16 Å². The highest BCUT2D eigenvalue weighted by molar-refractivity contribution is 7.94. The molecular formula is C17H21FN4O4S. The van der Waals surface area contributed by atoms with Gasteiger partial charge in [-0.2, -0.15) is 8.42 Å². The minimum absolute atomic E-state index is 0.0141. The van der Waals surface area contributed by atoms with E-state index in [1.807, 2.05) is 6.92 Å². The molecular weight excluding hydrogens is 375 g/mol. The van der Waals surface area contributed by atoms with Crippen LogP contribution in [0.3, 0.4) is 0 Å². The third kappa shape index (κ3) is 3.61. The van der Waals surface area contributed by atoms with Gasteiger partial charge >= 0.3 is 10.2 Å². The summed E-state index contributed by atoms with van der Waals surface area (Å²) in [5.41, 5.74) is 2.33. The van der Waals surface area contributed by atoms with Crippen molar-refractivity contribution < 1.29 is 22.1 Å². The first-order valence-corrected chi connectivity index (χ1v) is 9.86. The summed E-state index contributed by atoms with van der Waals surface area (Å²) in [7, 11) is -2.36. The number of fused-ring (bicyclic) bond motifs is 1. The lowest BCUT2D eigenvalue weighted by atomic mass is 10.1. The minimum Gasteiger partial charge on any atom is -0.361 e. The summed E-state index contributed by atoms with van der Waals surface area (Å²) in [6.07, 6.45) is 0.729. The van der Waals surface area contributed by atoms with Gasteiger partial charge < -0.3 is 9.84 Å². The van der Waals surface area contributed by atoms with E-state index < -0.39 is 16.0 Å². The van der Waals surface area contributed by atoms with Crippen LogP contribution in [0.15, 0.2) is 22.7 Å². The number of halogens is 1. The van der Waals surface area contributed by atoms with Crippen molar-refractivity contribution >= 4 is 27.5 Å². The van der Waals surface area contributed by atoms with Crippen molar-refractivity contribution in [3.63, 3.8) is 0 Å². The predicted molar refractivity (Wildman–Crippen MR) is 98.4 cm³/mol. The van der Waals surface area contributed by atoms with Gasteiger partial charge in [0.1, 0.15) is 11.6 Å². The monoisotopic (exact) mass is 396 g/mol. The van der Waals surface area contributed by atoms with Crippen LogP contribution in [0.2, 0.25) is 0 Å². The average molecular weight is 396 g/mol. The van der Waals surface area contributed by atoms with Crippen molar-refractivity contribution in [2.24, 2.45) is 0 Å². The number of carbonyl (C=O) groups is 1. The highest BCUT2D eigenvalue weighted by Gasteiger charge is 2.37. The first kappa shape index (κ1) is 19.2. The number of aromatic nitrogens is 1. The summed E-state index contributed by atoms with van der Waals surface area (Å²) in [5, 5.41) is 6.55. The molecule has 0 unspecified atom stereocenters. The van der Waals surface area contributed by atoms with Gasteiger partial charge in [0.2, 0.25) is 5.91 Å². The number of hydrogen-bond acceptors (Lipinski definition) is 5. The van der Waals surface area contributed by atoms with Gasteiger partial charge in [0.15, 0.2) is 0 Å². The summed E-state index contributed by atoms with van der Waals surface area (Å²) in [6.45, 7) is 3.73. The van der Waals surface area contributed by atoms with Gasteiger partial charge in [-0.25, -0.2) is 8.70 Å². The predicted octanol–water partition coefficient (Wildman–Crippen LogP) is 1.68. The first-order chi connectivity index (χ1) is 12.7. The largest absolute Gasteiger partial charge is 0.361 e. The van der Waals surface area contributed by atoms with Crippen LogP contribution < -0.4 is 13.9 Å². The molecule has 0 saturated carbocycles. The maximum absolute atomic E-state index is 13.5. The Morgan fingerprint density at radius 3 is 2.70 bits per heavy atom. The number of rotatable bonds is 6. The molecule has 0 bridgehead atoms. The van der Waals surface area contributed by atoms with Crippen LogP contribution in [-0.2, 0) is 21.4 Å².